The maximum absolute atomic E-state index is 12.1. The molecule has 7 nitrogen and oxygen atoms in total. The summed E-state index contributed by atoms with van der Waals surface area (Å²) in [6, 6.07) is 11.8. The lowest BCUT2D eigenvalue weighted by atomic mass is 9.85. The number of aryl methyl sites for hydroxylation is 2. The molecule has 1 fully saturated rings. The van der Waals surface area contributed by atoms with Gasteiger partial charge in [0.25, 0.3) is 0 Å². The molecule has 176 valence electrons. The van der Waals surface area contributed by atoms with E-state index in [1.807, 2.05) is 37.3 Å². The van der Waals surface area contributed by atoms with Crippen molar-refractivity contribution < 1.29 is 24.1 Å². The van der Waals surface area contributed by atoms with Crippen molar-refractivity contribution in [1.82, 2.24) is 9.88 Å². The van der Waals surface area contributed by atoms with Crippen molar-refractivity contribution in [2.75, 3.05) is 26.8 Å². The molecule has 0 amide bonds. The summed E-state index contributed by atoms with van der Waals surface area (Å²) < 4.78 is 15.9. The predicted octanol–water partition coefficient (Wildman–Crippen LogP) is 4.81. The Hall–Kier alpha value is -3.03. The van der Waals surface area contributed by atoms with Gasteiger partial charge in [0.1, 0.15) is 11.4 Å². The predicted molar refractivity (Wildman–Crippen MR) is 127 cm³/mol. The maximum atomic E-state index is 12.1. The number of likely N-dealkylation sites (tertiary alicyclic amines) is 1. The van der Waals surface area contributed by atoms with E-state index in [1.165, 1.54) is 0 Å². The Kier molecular flexibility index (Phi) is 6.63. The molecule has 2 heterocycles. The molecule has 0 bridgehead atoms. The largest absolute Gasteiger partial charge is 0.515 e. The van der Waals surface area contributed by atoms with E-state index in [0.29, 0.717) is 25.4 Å². The summed E-state index contributed by atoms with van der Waals surface area (Å²) in [4.78, 5) is 17.6. The Morgan fingerprint density at radius 2 is 2.06 bits per heavy atom. The number of benzene rings is 2. The Bertz CT molecular complexity index is 1160. The summed E-state index contributed by atoms with van der Waals surface area (Å²) in [6.45, 7) is 7.92. The number of aliphatic hydroxyl groups is 1. The molecule has 0 spiro atoms. The highest BCUT2D eigenvalue weighted by atomic mass is 16.7. The van der Waals surface area contributed by atoms with E-state index in [1.54, 1.807) is 14.0 Å². The molecule has 3 aromatic rings. The van der Waals surface area contributed by atoms with Crippen molar-refractivity contribution in [3.05, 3.63) is 58.7 Å². The highest BCUT2D eigenvalue weighted by molar-refractivity contribution is 5.90. The zero-order chi connectivity index (χ0) is 23.6. The minimum absolute atomic E-state index is 0.242. The van der Waals surface area contributed by atoms with Crippen LogP contribution in [0.5, 0.6) is 11.6 Å². The molecule has 2 aromatic carbocycles. The van der Waals surface area contributed by atoms with Crippen molar-refractivity contribution in [3.8, 4) is 11.6 Å². The molecule has 1 aliphatic heterocycles. The molecular formula is C26H32N2O5. The molecule has 1 aliphatic rings. The first-order valence-electron chi connectivity index (χ1n) is 11.4. The number of piperidine rings is 1. The number of fused-ring (bicyclic) bond motifs is 1. The van der Waals surface area contributed by atoms with E-state index >= 15 is 0 Å². The number of aromatic amines is 1. The van der Waals surface area contributed by atoms with Crippen molar-refractivity contribution in [1.29, 1.82) is 0 Å². The third-order valence-corrected chi connectivity index (χ3v) is 6.29. The molecule has 1 unspecified atom stereocenters. The third kappa shape index (κ3) is 4.84. The minimum atomic E-state index is -0.979. The average molecular weight is 453 g/mol. The van der Waals surface area contributed by atoms with Crippen LogP contribution >= 0.6 is 0 Å². The molecule has 1 saturated heterocycles. The average Bonchev–Trinajstić information content (AvgIpc) is 3.10. The van der Waals surface area contributed by atoms with Crippen molar-refractivity contribution in [2.45, 2.75) is 45.8 Å². The third-order valence-electron chi connectivity index (χ3n) is 6.29. The molecule has 0 aliphatic carbocycles. The lowest BCUT2D eigenvalue weighted by Crippen LogP contribution is -2.45. The lowest BCUT2D eigenvalue weighted by Gasteiger charge is -2.39. The van der Waals surface area contributed by atoms with E-state index in [2.05, 4.69) is 22.9 Å². The molecule has 1 aromatic heterocycles. The second-order valence-corrected chi connectivity index (χ2v) is 8.80. The molecular weight excluding hydrogens is 420 g/mol. The van der Waals surface area contributed by atoms with Gasteiger partial charge in [0.2, 0.25) is 5.88 Å². The molecule has 4 rings (SSSR count). The first-order chi connectivity index (χ1) is 15.8. The summed E-state index contributed by atoms with van der Waals surface area (Å²) >= 11 is 0. The van der Waals surface area contributed by atoms with Gasteiger partial charge in [-0.1, -0.05) is 18.2 Å². The molecule has 0 radical (unpaired) electrons. The van der Waals surface area contributed by atoms with Crippen LogP contribution in [0.4, 0.5) is 4.79 Å². The number of rotatable bonds is 6. The minimum Gasteiger partial charge on any atom is -0.497 e. The van der Waals surface area contributed by atoms with Gasteiger partial charge in [0.15, 0.2) is 0 Å². The number of hydrogen-bond donors (Lipinski definition) is 2. The fourth-order valence-electron chi connectivity index (χ4n) is 4.88. The fourth-order valence-corrected chi connectivity index (χ4v) is 4.88. The van der Waals surface area contributed by atoms with E-state index in [0.717, 1.165) is 51.9 Å². The summed E-state index contributed by atoms with van der Waals surface area (Å²) in [6.07, 6.45) is 0.795. The molecule has 2 N–H and O–H groups in total. The lowest BCUT2D eigenvalue weighted by molar-refractivity contribution is -0.0383. The molecule has 7 heteroatoms. The number of aromatic nitrogens is 1. The van der Waals surface area contributed by atoms with Crippen LogP contribution in [0.1, 0.15) is 42.0 Å². The van der Waals surface area contributed by atoms with Gasteiger partial charge in [0, 0.05) is 29.6 Å². The number of carbonyl (C=O) groups is 1. The van der Waals surface area contributed by atoms with Crippen LogP contribution in [0.15, 0.2) is 36.4 Å². The number of nitrogens with one attached hydrogen (secondary N) is 1. The van der Waals surface area contributed by atoms with Gasteiger partial charge in [0.05, 0.1) is 13.7 Å². The SMILES string of the molecule is CCOC(=O)Oc1[nH]c2cc(C)cc(C)c2c1CN1CCCC(O)(c2cccc(OC)c2)C1. The van der Waals surface area contributed by atoms with Crippen LogP contribution in [0.2, 0.25) is 0 Å². The molecule has 0 saturated carbocycles. The standard InChI is InChI=1S/C26H32N2O5/c1-5-32-25(29)33-24-21(23-18(3)12-17(2)13-22(23)27-24)15-28-11-7-10-26(30,16-28)19-8-6-9-20(14-19)31-4/h6,8-9,12-14,27,30H,5,7,10-11,15-16H2,1-4H3. The van der Waals surface area contributed by atoms with E-state index in [4.69, 9.17) is 14.2 Å². The molecule has 33 heavy (non-hydrogen) atoms. The number of β-amino-alcohol motifs (C(OH)–C–C–N with tert-alkyl or cyclic N) is 1. The highest BCUT2D eigenvalue weighted by Gasteiger charge is 2.36. The molecule has 1 atom stereocenters. The Morgan fingerprint density at radius 1 is 1.24 bits per heavy atom. The van der Waals surface area contributed by atoms with Gasteiger partial charge in [-0.2, -0.15) is 0 Å². The van der Waals surface area contributed by atoms with Crippen molar-refractivity contribution >= 4 is 17.1 Å². The van der Waals surface area contributed by atoms with Crippen LogP contribution in [0.25, 0.3) is 10.9 Å². The first kappa shape index (κ1) is 23.1. The summed E-state index contributed by atoms with van der Waals surface area (Å²) in [5.41, 5.74) is 3.91. The number of nitrogens with zero attached hydrogens (tertiary/aromatic N) is 1. The van der Waals surface area contributed by atoms with Crippen LogP contribution < -0.4 is 9.47 Å². The second kappa shape index (κ2) is 9.45. The quantitative estimate of drug-likeness (QED) is 0.522. The smallest absolute Gasteiger partial charge is 0.497 e. The van der Waals surface area contributed by atoms with Crippen molar-refractivity contribution in [2.24, 2.45) is 0 Å². The zero-order valence-corrected chi connectivity index (χ0v) is 19.7. The normalized spacial score (nSPS) is 18.9. The van der Waals surface area contributed by atoms with E-state index in [-0.39, 0.29) is 6.61 Å². The maximum Gasteiger partial charge on any atom is 0.515 e. The van der Waals surface area contributed by atoms with Crippen LogP contribution in [0, 0.1) is 13.8 Å². The van der Waals surface area contributed by atoms with Gasteiger partial charge in [-0.05, 0) is 75.0 Å². The van der Waals surface area contributed by atoms with Gasteiger partial charge in [-0.25, -0.2) is 4.79 Å². The van der Waals surface area contributed by atoms with E-state index < -0.39 is 11.8 Å². The van der Waals surface area contributed by atoms with Gasteiger partial charge < -0.3 is 24.3 Å². The monoisotopic (exact) mass is 452 g/mol. The number of H-pyrrole nitrogens is 1. The fraction of sp³-hybridized carbons (Fsp3) is 0.423. The number of ether oxygens (including phenoxy) is 3. The number of methoxy groups -OCH3 is 1. The Morgan fingerprint density at radius 3 is 2.82 bits per heavy atom. The second-order valence-electron chi connectivity index (χ2n) is 8.80. The summed E-state index contributed by atoms with van der Waals surface area (Å²) in [7, 11) is 1.63. The Balaban J connectivity index is 1.66. The Labute approximate surface area is 194 Å². The number of hydrogen-bond acceptors (Lipinski definition) is 6. The van der Waals surface area contributed by atoms with Gasteiger partial charge >= 0.3 is 6.16 Å². The topological polar surface area (TPSA) is 84.0 Å². The summed E-state index contributed by atoms with van der Waals surface area (Å²) in [5.74, 6) is 1.12. The zero-order valence-electron chi connectivity index (χ0n) is 19.7. The van der Waals surface area contributed by atoms with Crippen molar-refractivity contribution in [3.63, 3.8) is 0 Å². The summed E-state index contributed by atoms with van der Waals surface area (Å²) in [5, 5.41) is 12.6. The van der Waals surface area contributed by atoms with Gasteiger partial charge in [-0.3, -0.25) is 4.90 Å². The highest BCUT2D eigenvalue weighted by Crippen LogP contribution is 2.37. The number of carbonyl (C=O) groups excluding carboxylic acids is 1. The van der Waals surface area contributed by atoms with Gasteiger partial charge in [-0.15, -0.1) is 0 Å². The first-order valence-corrected chi connectivity index (χ1v) is 11.4. The van der Waals surface area contributed by atoms with Crippen LogP contribution in [-0.4, -0.2) is 48.0 Å². The van der Waals surface area contributed by atoms with Crippen LogP contribution in [-0.2, 0) is 16.9 Å². The van der Waals surface area contributed by atoms with E-state index in [9.17, 15) is 9.90 Å². The van der Waals surface area contributed by atoms with Crippen LogP contribution in [0.3, 0.4) is 0 Å².